The Morgan fingerprint density at radius 2 is 1.94 bits per heavy atom. The van der Waals surface area contributed by atoms with Crippen LogP contribution in [0, 0.1) is 11.3 Å². The largest absolute Gasteiger partial charge is 0.483 e. The molecular weight excluding hydrogens is 614 g/mol. The highest BCUT2D eigenvalue weighted by molar-refractivity contribution is 5.80. The average Bonchev–Trinajstić information content (AvgIpc) is 3.05. The maximum atomic E-state index is 14.9. The molecule has 3 saturated heterocycles. The Labute approximate surface area is 270 Å². The van der Waals surface area contributed by atoms with E-state index in [4.69, 9.17) is 14.2 Å². The maximum Gasteiger partial charge on any atom is 0.301 e. The van der Waals surface area contributed by atoms with Crippen LogP contribution in [0.2, 0.25) is 0 Å². The average molecular weight is 651 g/mol. The number of hydrogen-bond donors (Lipinski definition) is 2. The number of carbonyl (C=O) groups excluding carboxylic acids is 1. The summed E-state index contributed by atoms with van der Waals surface area (Å²) < 4.78 is 46.4. The van der Waals surface area contributed by atoms with E-state index in [0.29, 0.717) is 29.0 Å². The molecule has 0 bridgehead atoms. The van der Waals surface area contributed by atoms with Crippen LogP contribution in [0.15, 0.2) is 42.6 Å². The molecule has 0 saturated carbocycles. The molecule has 6 rings (SSSR count). The Hall–Kier alpha value is -4.65. The number of benzene rings is 1. The van der Waals surface area contributed by atoms with E-state index >= 15 is 0 Å². The number of piperazine rings is 1. The highest BCUT2D eigenvalue weighted by Crippen LogP contribution is 2.34. The number of methoxy groups -OCH3 is 1. The standard InChI is InChI=1S/C32H36F2N8O5/c1-20(43)30(44)42-10-8-27(32(33,34)19-42)47-26-5-3-21(15-22(26)16-35)24-7-9-36-31(37-24)39-28-6-4-25(29(38-28)45-2)41-13-11-40(12-14-41)23-17-46-18-23/h3-7,9,15,20,23,27,43H,8,10-14,17-19H2,1-2H3,(H,36,37,38,39)/t20?,27-/m1/s1. The summed E-state index contributed by atoms with van der Waals surface area (Å²) in [5.74, 6) is -2.92. The number of ether oxygens (including phenoxy) is 3. The van der Waals surface area contributed by atoms with Crippen molar-refractivity contribution >= 4 is 23.4 Å². The number of nitrogens with zero attached hydrogens (tertiary/aromatic N) is 7. The summed E-state index contributed by atoms with van der Waals surface area (Å²) in [7, 11) is 1.58. The van der Waals surface area contributed by atoms with E-state index in [1.807, 2.05) is 18.2 Å². The van der Waals surface area contributed by atoms with E-state index in [1.165, 1.54) is 19.1 Å². The van der Waals surface area contributed by atoms with Gasteiger partial charge in [0, 0.05) is 50.9 Å². The van der Waals surface area contributed by atoms with Crippen LogP contribution in [0.3, 0.4) is 0 Å². The molecular formula is C32H36F2N8O5. The summed E-state index contributed by atoms with van der Waals surface area (Å²) in [5.41, 5.74) is 1.99. The lowest BCUT2D eigenvalue weighted by atomic mass is 10.0. The van der Waals surface area contributed by atoms with Crippen molar-refractivity contribution < 1.29 is 32.9 Å². The number of halogens is 2. The number of amides is 1. The molecule has 15 heteroatoms. The van der Waals surface area contributed by atoms with Crippen molar-refractivity contribution in [3.8, 4) is 29.0 Å². The van der Waals surface area contributed by atoms with Crippen molar-refractivity contribution in [3.63, 3.8) is 0 Å². The van der Waals surface area contributed by atoms with Crippen LogP contribution in [0.5, 0.6) is 11.6 Å². The first-order valence-corrected chi connectivity index (χ1v) is 15.4. The lowest BCUT2D eigenvalue weighted by molar-refractivity contribution is -0.165. The Bertz CT molecular complexity index is 1640. The summed E-state index contributed by atoms with van der Waals surface area (Å²) >= 11 is 0. The minimum absolute atomic E-state index is 0.00140. The molecule has 3 aliphatic heterocycles. The van der Waals surface area contributed by atoms with E-state index in [1.54, 1.807) is 25.4 Å². The molecule has 3 aliphatic rings. The predicted octanol–water partition coefficient (Wildman–Crippen LogP) is 2.68. The third kappa shape index (κ3) is 7.04. The summed E-state index contributed by atoms with van der Waals surface area (Å²) in [6, 6.07) is 12.6. The van der Waals surface area contributed by atoms with Gasteiger partial charge in [0.15, 0.2) is 6.10 Å². The number of nitrogens with one attached hydrogen (secondary N) is 1. The number of pyridine rings is 1. The number of piperidine rings is 1. The van der Waals surface area contributed by atoms with E-state index in [-0.39, 0.29) is 30.2 Å². The molecule has 0 aliphatic carbocycles. The molecule has 0 radical (unpaired) electrons. The summed E-state index contributed by atoms with van der Waals surface area (Å²) in [6.07, 6.45) is -1.52. The van der Waals surface area contributed by atoms with Crippen molar-refractivity contribution in [1.82, 2.24) is 24.8 Å². The van der Waals surface area contributed by atoms with Crippen LogP contribution in [-0.2, 0) is 9.53 Å². The summed E-state index contributed by atoms with van der Waals surface area (Å²) in [4.78, 5) is 31.2. The third-order valence-corrected chi connectivity index (χ3v) is 8.59. The lowest BCUT2D eigenvalue weighted by Crippen LogP contribution is -2.56. The highest BCUT2D eigenvalue weighted by atomic mass is 19.3. The Kier molecular flexibility index (Phi) is 9.35. The number of alkyl halides is 2. The molecule has 248 valence electrons. The Balaban J connectivity index is 1.12. The monoisotopic (exact) mass is 650 g/mol. The number of rotatable bonds is 9. The smallest absolute Gasteiger partial charge is 0.301 e. The quantitative estimate of drug-likeness (QED) is 0.351. The number of aromatic nitrogens is 3. The van der Waals surface area contributed by atoms with Gasteiger partial charge in [0.1, 0.15) is 29.4 Å². The molecule has 5 heterocycles. The van der Waals surface area contributed by atoms with Crippen molar-refractivity contribution in [2.45, 2.75) is 37.5 Å². The molecule has 3 aromatic rings. The molecule has 2 N–H and O–H groups in total. The van der Waals surface area contributed by atoms with Gasteiger partial charge >= 0.3 is 5.92 Å². The normalized spacial score (nSPS) is 20.6. The van der Waals surface area contributed by atoms with Crippen molar-refractivity contribution in [2.24, 2.45) is 0 Å². The predicted molar refractivity (Wildman–Crippen MR) is 167 cm³/mol. The zero-order valence-corrected chi connectivity index (χ0v) is 26.1. The second-order valence-electron chi connectivity index (χ2n) is 11.7. The number of carbonyl (C=O) groups is 1. The Morgan fingerprint density at radius 1 is 1.15 bits per heavy atom. The SMILES string of the molecule is COc1nc(Nc2nccc(-c3ccc(O[C@@H]4CCN(C(=O)C(C)O)CC4(F)F)c(C#N)c3)n2)ccc1N1CCN(C2COC2)CC1. The number of nitriles is 1. The van der Waals surface area contributed by atoms with Crippen LogP contribution < -0.4 is 19.7 Å². The molecule has 47 heavy (non-hydrogen) atoms. The molecule has 13 nitrogen and oxygen atoms in total. The van der Waals surface area contributed by atoms with E-state index in [2.05, 4.69) is 30.1 Å². The molecule has 1 unspecified atom stereocenters. The van der Waals surface area contributed by atoms with Gasteiger partial charge in [-0.05, 0) is 43.3 Å². The molecule has 2 aromatic heterocycles. The van der Waals surface area contributed by atoms with Crippen LogP contribution in [0.25, 0.3) is 11.3 Å². The number of hydrogen-bond acceptors (Lipinski definition) is 12. The first-order valence-electron chi connectivity index (χ1n) is 15.4. The van der Waals surface area contributed by atoms with E-state index < -0.39 is 30.6 Å². The fourth-order valence-corrected chi connectivity index (χ4v) is 5.90. The van der Waals surface area contributed by atoms with Gasteiger partial charge in [0.05, 0.1) is 44.2 Å². The highest BCUT2D eigenvalue weighted by Gasteiger charge is 2.48. The van der Waals surface area contributed by atoms with Gasteiger partial charge in [-0.3, -0.25) is 9.69 Å². The third-order valence-electron chi connectivity index (χ3n) is 8.59. The van der Waals surface area contributed by atoms with E-state index in [0.717, 1.165) is 50.0 Å². The van der Waals surface area contributed by atoms with Gasteiger partial charge in [0.25, 0.3) is 5.91 Å². The second-order valence-corrected chi connectivity index (χ2v) is 11.7. The fraction of sp³-hybridized carbons (Fsp3) is 0.469. The number of aliphatic hydroxyl groups is 1. The molecule has 3 fully saturated rings. The molecule has 1 aromatic carbocycles. The lowest BCUT2D eigenvalue weighted by Gasteiger charge is -2.43. The minimum atomic E-state index is -3.38. The zero-order valence-electron chi connectivity index (χ0n) is 26.1. The fourth-order valence-electron chi connectivity index (χ4n) is 5.90. The van der Waals surface area contributed by atoms with Gasteiger partial charge in [-0.25, -0.2) is 18.7 Å². The Morgan fingerprint density at radius 3 is 2.60 bits per heavy atom. The van der Waals surface area contributed by atoms with Crippen LogP contribution in [0.4, 0.5) is 26.2 Å². The molecule has 1 amide bonds. The first-order chi connectivity index (χ1) is 22.6. The van der Waals surface area contributed by atoms with Crippen molar-refractivity contribution in [2.75, 3.05) is 69.8 Å². The van der Waals surface area contributed by atoms with Gasteiger partial charge in [0.2, 0.25) is 11.8 Å². The first kappa shape index (κ1) is 32.3. The van der Waals surface area contributed by atoms with Crippen molar-refractivity contribution in [3.05, 3.63) is 48.2 Å². The number of likely N-dealkylation sites (tertiary alicyclic amines) is 1. The molecule has 0 spiro atoms. The van der Waals surface area contributed by atoms with E-state index in [9.17, 15) is 23.9 Å². The number of aliphatic hydroxyl groups excluding tert-OH is 1. The van der Waals surface area contributed by atoms with Crippen LogP contribution in [-0.4, -0.2) is 120 Å². The summed E-state index contributed by atoms with van der Waals surface area (Å²) in [6.45, 7) is 5.54. The van der Waals surface area contributed by atoms with Gasteiger partial charge in [-0.15, -0.1) is 0 Å². The minimum Gasteiger partial charge on any atom is -0.483 e. The maximum absolute atomic E-state index is 14.9. The zero-order chi connectivity index (χ0) is 33.1. The summed E-state index contributed by atoms with van der Waals surface area (Å²) in [5, 5.41) is 22.4. The topological polar surface area (TPSA) is 149 Å². The number of anilines is 3. The second kappa shape index (κ2) is 13.6. The van der Waals surface area contributed by atoms with Crippen LogP contribution in [0.1, 0.15) is 18.9 Å². The van der Waals surface area contributed by atoms with Crippen LogP contribution >= 0.6 is 0 Å². The van der Waals surface area contributed by atoms with Gasteiger partial charge in [-0.1, -0.05) is 0 Å². The van der Waals surface area contributed by atoms with Gasteiger partial charge in [-0.2, -0.15) is 10.2 Å². The molecule has 2 atom stereocenters. The van der Waals surface area contributed by atoms with Crippen molar-refractivity contribution in [1.29, 1.82) is 5.26 Å². The van der Waals surface area contributed by atoms with Gasteiger partial charge < -0.3 is 34.4 Å².